The van der Waals surface area contributed by atoms with Crippen LogP contribution in [0.3, 0.4) is 0 Å². The van der Waals surface area contributed by atoms with Crippen molar-refractivity contribution in [3.05, 3.63) is 82.9 Å². The van der Waals surface area contributed by atoms with Crippen molar-refractivity contribution in [1.29, 1.82) is 0 Å². The van der Waals surface area contributed by atoms with E-state index in [9.17, 15) is 29.4 Å². The minimum absolute atomic E-state index is 0.0488. The molecule has 40 heavy (non-hydrogen) atoms. The van der Waals surface area contributed by atoms with Crippen molar-refractivity contribution in [1.82, 2.24) is 0 Å². The number of carboxylic acids is 4. The van der Waals surface area contributed by atoms with Gasteiger partial charge in [0, 0.05) is 0 Å². The molecule has 0 bridgehead atoms. The number of hydrogen-bond donors (Lipinski definition) is 4. The summed E-state index contributed by atoms with van der Waals surface area (Å²) < 4.78 is 11.5. The first-order chi connectivity index (χ1) is 19.1. The van der Waals surface area contributed by atoms with E-state index in [2.05, 4.69) is 0 Å². The SMILES string of the molecule is O=C(O)c1ccc2cc(OCCCCCCOc3cc4ccc(C(=O)O)cc4cc3C(=O)O)c(C(=O)O)cc2c1. The molecule has 0 spiro atoms. The summed E-state index contributed by atoms with van der Waals surface area (Å²) in [5.74, 6) is -4.13. The molecule has 4 aromatic rings. The summed E-state index contributed by atoms with van der Waals surface area (Å²) in [4.78, 5) is 45.8. The highest BCUT2D eigenvalue weighted by Crippen LogP contribution is 2.29. The Bertz CT molecular complexity index is 1500. The number of unbranched alkanes of at least 4 members (excludes halogenated alkanes) is 3. The van der Waals surface area contributed by atoms with Crippen LogP contribution in [0.2, 0.25) is 0 Å². The van der Waals surface area contributed by atoms with Gasteiger partial charge in [-0.1, -0.05) is 12.1 Å². The molecule has 4 rings (SSSR count). The number of fused-ring (bicyclic) bond motifs is 2. The van der Waals surface area contributed by atoms with Crippen LogP contribution in [0, 0.1) is 0 Å². The maximum atomic E-state index is 11.7. The second kappa shape index (κ2) is 12.2. The second-order valence-corrected chi connectivity index (χ2v) is 9.15. The van der Waals surface area contributed by atoms with Gasteiger partial charge >= 0.3 is 23.9 Å². The van der Waals surface area contributed by atoms with Gasteiger partial charge in [-0.25, -0.2) is 19.2 Å². The minimum Gasteiger partial charge on any atom is -0.493 e. The fourth-order valence-corrected chi connectivity index (χ4v) is 4.31. The van der Waals surface area contributed by atoms with Crippen LogP contribution >= 0.6 is 0 Å². The molecule has 0 amide bonds. The number of ether oxygens (including phenoxy) is 2. The summed E-state index contributed by atoms with van der Waals surface area (Å²) in [6.07, 6.45) is 2.83. The molecule has 0 aromatic heterocycles. The summed E-state index contributed by atoms with van der Waals surface area (Å²) in [7, 11) is 0. The van der Waals surface area contributed by atoms with Crippen LogP contribution < -0.4 is 9.47 Å². The lowest BCUT2D eigenvalue weighted by molar-refractivity contribution is 0.0681. The molecule has 0 aliphatic carbocycles. The summed E-state index contributed by atoms with van der Waals surface area (Å²) in [5.41, 5.74) is 0.0331. The number of carboxylic acid groups (broad SMARTS) is 4. The molecule has 0 saturated heterocycles. The van der Waals surface area contributed by atoms with E-state index in [0.717, 1.165) is 12.8 Å². The zero-order chi connectivity index (χ0) is 28.8. The zero-order valence-corrected chi connectivity index (χ0v) is 21.3. The van der Waals surface area contributed by atoms with Crippen LogP contribution in [0.4, 0.5) is 0 Å². The van der Waals surface area contributed by atoms with Crippen LogP contribution in [0.1, 0.15) is 67.1 Å². The molecule has 0 heterocycles. The normalized spacial score (nSPS) is 10.9. The van der Waals surface area contributed by atoms with Crippen molar-refractivity contribution in [2.75, 3.05) is 13.2 Å². The van der Waals surface area contributed by atoms with Crippen molar-refractivity contribution >= 4 is 45.4 Å². The maximum Gasteiger partial charge on any atom is 0.339 e. The summed E-state index contributed by atoms with van der Waals surface area (Å²) in [6.45, 7) is 0.568. The molecule has 10 heteroatoms. The summed E-state index contributed by atoms with van der Waals surface area (Å²) in [5, 5.41) is 39.8. The van der Waals surface area contributed by atoms with Gasteiger partial charge in [0.1, 0.15) is 22.6 Å². The van der Waals surface area contributed by atoms with Gasteiger partial charge in [-0.15, -0.1) is 0 Å². The fourth-order valence-electron chi connectivity index (χ4n) is 4.31. The number of aromatic carboxylic acids is 4. The van der Waals surface area contributed by atoms with Crippen LogP contribution in [-0.2, 0) is 0 Å². The average Bonchev–Trinajstić information content (AvgIpc) is 2.92. The lowest BCUT2D eigenvalue weighted by atomic mass is 10.0. The van der Waals surface area contributed by atoms with Gasteiger partial charge in [-0.3, -0.25) is 0 Å². The summed E-state index contributed by atoms with van der Waals surface area (Å²) in [6, 6.07) is 14.9. The van der Waals surface area contributed by atoms with Gasteiger partial charge < -0.3 is 29.9 Å². The number of benzene rings is 4. The average molecular weight is 547 g/mol. The molecule has 0 atom stereocenters. The predicted octanol–water partition coefficient (Wildman–Crippen LogP) is 5.80. The van der Waals surface area contributed by atoms with Gasteiger partial charge in [-0.2, -0.15) is 0 Å². The molecule has 0 aliphatic rings. The molecule has 0 aliphatic heterocycles. The molecule has 0 radical (unpaired) electrons. The van der Waals surface area contributed by atoms with E-state index in [1.54, 1.807) is 24.3 Å². The summed E-state index contributed by atoms with van der Waals surface area (Å²) >= 11 is 0. The van der Waals surface area contributed by atoms with E-state index in [-0.39, 0.29) is 47.0 Å². The van der Waals surface area contributed by atoms with Gasteiger partial charge in [-0.05, 0) is 95.8 Å². The first kappa shape index (κ1) is 27.9. The minimum atomic E-state index is -1.17. The topological polar surface area (TPSA) is 168 Å². The highest BCUT2D eigenvalue weighted by molar-refractivity contribution is 6.01. The quantitative estimate of drug-likeness (QED) is 0.150. The Hall–Kier alpha value is -5.12. The van der Waals surface area contributed by atoms with E-state index in [4.69, 9.17) is 19.7 Å². The van der Waals surface area contributed by atoms with Gasteiger partial charge in [0.15, 0.2) is 0 Å². The molecule has 206 valence electrons. The Morgan fingerprint density at radius 3 is 1.23 bits per heavy atom. The Kier molecular flexibility index (Phi) is 8.48. The second-order valence-electron chi connectivity index (χ2n) is 9.15. The molecule has 0 unspecified atom stereocenters. The van der Waals surface area contributed by atoms with Crippen molar-refractivity contribution in [2.24, 2.45) is 0 Å². The maximum absolute atomic E-state index is 11.7. The van der Waals surface area contributed by atoms with Crippen LogP contribution in [-0.4, -0.2) is 57.5 Å². The molecule has 0 saturated carbocycles. The first-order valence-corrected chi connectivity index (χ1v) is 12.5. The highest BCUT2D eigenvalue weighted by Gasteiger charge is 2.16. The predicted molar refractivity (Wildman–Crippen MR) is 145 cm³/mol. The molecule has 10 nitrogen and oxygen atoms in total. The van der Waals surface area contributed by atoms with E-state index in [1.165, 1.54) is 36.4 Å². The molecule has 4 N–H and O–H groups in total. The van der Waals surface area contributed by atoms with Gasteiger partial charge in [0.05, 0.1) is 24.3 Å². The molecule has 0 fully saturated rings. The lowest BCUT2D eigenvalue weighted by Crippen LogP contribution is -2.06. The number of rotatable bonds is 13. The van der Waals surface area contributed by atoms with Crippen LogP contribution in [0.15, 0.2) is 60.7 Å². The fraction of sp³-hybridized carbons (Fsp3) is 0.200. The van der Waals surface area contributed by atoms with Crippen molar-refractivity contribution in [3.8, 4) is 11.5 Å². The van der Waals surface area contributed by atoms with Gasteiger partial charge in [0.25, 0.3) is 0 Å². The Labute approximate surface area is 228 Å². The Morgan fingerprint density at radius 2 is 0.875 bits per heavy atom. The Morgan fingerprint density at radius 1 is 0.475 bits per heavy atom. The third-order valence-electron chi connectivity index (χ3n) is 6.39. The van der Waals surface area contributed by atoms with E-state index in [1.807, 2.05) is 0 Å². The molecular formula is C30H26O10. The lowest BCUT2D eigenvalue weighted by Gasteiger charge is -2.12. The van der Waals surface area contributed by atoms with Crippen molar-refractivity contribution < 1.29 is 49.1 Å². The van der Waals surface area contributed by atoms with Gasteiger partial charge in [0.2, 0.25) is 0 Å². The highest BCUT2D eigenvalue weighted by atomic mass is 16.5. The standard InChI is InChI=1S/C30H26O10/c31-27(32)19-7-5-17-15-25(23(29(35)36)13-21(17)11-19)39-9-3-1-2-4-10-40-26-16-18-6-8-20(28(33)34)12-22(18)14-24(26)30(37)38/h5-8,11-16H,1-4,9-10H2,(H,31,32)(H,33,34)(H,35,36)(H,37,38). The molecule has 4 aromatic carbocycles. The van der Waals surface area contributed by atoms with Crippen LogP contribution in [0.25, 0.3) is 21.5 Å². The third-order valence-corrected chi connectivity index (χ3v) is 6.39. The number of carbonyl (C=O) groups is 4. The van der Waals surface area contributed by atoms with E-state index < -0.39 is 23.9 Å². The van der Waals surface area contributed by atoms with Crippen molar-refractivity contribution in [3.63, 3.8) is 0 Å². The number of hydrogen-bond acceptors (Lipinski definition) is 6. The monoisotopic (exact) mass is 546 g/mol. The molecular weight excluding hydrogens is 520 g/mol. The third kappa shape index (κ3) is 6.47. The largest absolute Gasteiger partial charge is 0.493 e. The van der Waals surface area contributed by atoms with E-state index in [0.29, 0.717) is 34.4 Å². The zero-order valence-electron chi connectivity index (χ0n) is 21.3. The van der Waals surface area contributed by atoms with Crippen molar-refractivity contribution in [2.45, 2.75) is 25.7 Å². The first-order valence-electron chi connectivity index (χ1n) is 12.5. The smallest absolute Gasteiger partial charge is 0.339 e. The van der Waals surface area contributed by atoms with E-state index >= 15 is 0 Å². The Balaban J connectivity index is 1.28. The van der Waals surface area contributed by atoms with Crippen LogP contribution in [0.5, 0.6) is 11.5 Å².